The molecule has 0 aliphatic carbocycles. The summed E-state index contributed by atoms with van der Waals surface area (Å²) in [7, 11) is 0. The van der Waals surface area contributed by atoms with Gasteiger partial charge in [-0.15, -0.1) is 0 Å². The summed E-state index contributed by atoms with van der Waals surface area (Å²) >= 11 is 0. The molecule has 3 N–H and O–H groups in total. The number of rotatable bonds is 5. The first-order chi connectivity index (χ1) is 10.1. The van der Waals surface area contributed by atoms with Crippen molar-refractivity contribution in [2.24, 2.45) is 5.73 Å². The molecule has 110 valence electrons. The molecular weight excluding hydrogens is 260 g/mol. The molecule has 21 heavy (non-hydrogen) atoms. The van der Waals surface area contributed by atoms with E-state index in [1.165, 1.54) is 11.1 Å². The molecular formula is C18H22N2O. The Morgan fingerprint density at radius 3 is 2.43 bits per heavy atom. The van der Waals surface area contributed by atoms with E-state index in [2.05, 4.69) is 5.32 Å². The second kappa shape index (κ2) is 7.04. The van der Waals surface area contributed by atoms with E-state index in [0.717, 1.165) is 12.0 Å². The van der Waals surface area contributed by atoms with Crippen LogP contribution in [0.25, 0.3) is 0 Å². The molecule has 3 nitrogen and oxygen atoms in total. The highest BCUT2D eigenvalue weighted by molar-refractivity contribution is 5.94. The van der Waals surface area contributed by atoms with Crippen molar-refractivity contribution in [3.63, 3.8) is 0 Å². The van der Waals surface area contributed by atoms with Crippen molar-refractivity contribution in [3.8, 4) is 0 Å². The molecule has 0 aliphatic heterocycles. The van der Waals surface area contributed by atoms with Gasteiger partial charge in [-0.05, 0) is 49.1 Å². The maximum Gasteiger partial charge on any atom is 0.251 e. The van der Waals surface area contributed by atoms with Crippen molar-refractivity contribution in [2.45, 2.75) is 26.3 Å². The molecule has 1 atom stereocenters. The van der Waals surface area contributed by atoms with Crippen LogP contribution in [0.4, 0.5) is 0 Å². The molecule has 0 saturated carbocycles. The lowest BCUT2D eigenvalue weighted by Crippen LogP contribution is -2.41. The predicted molar refractivity (Wildman–Crippen MR) is 86.4 cm³/mol. The number of nitrogens with two attached hydrogens (primary N) is 1. The van der Waals surface area contributed by atoms with Crippen LogP contribution in [0.2, 0.25) is 0 Å². The molecule has 3 heteroatoms. The highest BCUT2D eigenvalue weighted by atomic mass is 16.1. The van der Waals surface area contributed by atoms with Crippen LogP contribution in [-0.2, 0) is 6.42 Å². The third kappa shape index (κ3) is 4.17. The topological polar surface area (TPSA) is 55.1 Å². The van der Waals surface area contributed by atoms with E-state index in [1.54, 1.807) is 0 Å². The number of aryl methyl sites for hydroxylation is 2. The molecule has 0 aliphatic rings. The molecule has 0 radical (unpaired) electrons. The Labute approximate surface area is 126 Å². The average molecular weight is 282 g/mol. The zero-order chi connectivity index (χ0) is 15.2. The largest absolute Gasteiger partial charge is 0.348 e. The first-order valence-electron chi connectivity index (χ1n) is 7.22. The SMILES string of the molecule is Cc1ccc(C(=O)NC(CN)Cc2ccccc2)cc1C. The molecule has 0 spiro atoms. The van der Waals surface area contributed by atoms with E-state index in [1.807, 2.05) is 62.4 Å². The zero-order valence-corrected chi connectivity index (χ0v) is 12.6. The van der Waals surface area contributed by atoms with Gasteiger partial charge in [0.1, 0.15) is 0 Å². The minimum absolute atomic E-state index is 0.0542. The first-order valence-corrected chi connectivity index (χ1v) is 7.22. The number of carbonyl (C=O) groups excluding carboxylic acids is 1. The minimum Gasteiger partial charge on any atom is -0.348 e. The van der Waals surface area contributed by atoms with Gasteiger partial charge in [0, 0.05) is 18.2 Å². The van der Waals surface area contributed by atoms with Gasteiger partial charge in [0.05, 0.1) is 0 Å². The smallest absolute Gasteiger partial charge is 0.251 e. The van der Waals surface area contributed by atoms with E-state index >= 15 is 0 Å². The number of nitrogens with one attached hydrogen (secondary N) is 1. The average Bonchev–Trinajstić information content (AvgIpc) is 2.50. The van der Waals surface area contributed by atoms with E-state index in [4.69, 9.17) is 5.73 Å². The first kappa shape index (κ1) is 15.3. The Balaban J connectivity index is 2.04. The third-order valence-corrected chi connectivity index (χ3v) is 3.71. The summed E-state index contributed by atoms with van der Waals surface area (Å²) in [5, 5.41) is 3.01. The van der Waals surface area contributed by atoms with E-state index in [0.29, 0.717) is 12.1 Å². The van der Waals surface area contributed by atoms with Crippen LogP contribution >= 0.6 is 0 Å². The second-order valence-corrected chi connectivity index (χ2v) is 5.39. The second-order valence-electron chi connectivity index (χ2n) is 5.39. The predicted octanol–water partition coefficient (Wildman–Crippen LogP) is 2.60. The summed E-state index contributed by atoms with van der Waals surface area (Å²) < 4.78 is 0. The molecule has 0 fully saturated rings. The molecule has 0 aromatic heterocycles. The van der Waals surface area contributed by atoms with Gasteiger partial charge in [-0.1, -0.05) is 36.4 Å². The Hall–Kier alpha value is -2.13. The number of benzene rings is 2. The number of hydrogen-bond acceptors (Lipinski definition) is 2. The highest BCUT2D eigenvalue weighted by Crippen LogP contribution is 2.10. The Morgan fingerprint density at radius 1 is 1.10 bits per heavy atom. The van der Waals surface area contributed by atoms with Gasteiger partial charge in [0.25, 0.3) is 5.91 Å². The molecule has 2 rings (SSSR count). The van der Waals surface area contributed by atoms with Crippen molar-refractivity contribution in [3.05, 3.63) is 70.8 Å². The van der Waals surface area contributed by atoms with Gasteiger partial charge in [0.2, 0.25) is 0 Å². The Morgan fingerprint density at radius 2 is 1.81 bits per heavy atom. The molecule has 2 aromatic carbocycles. The van der Waals surface area contributed by atoms with Crippen LogP contribution in [0, 0.1) is 13.8 Å². The minimum atomic E-state index is -0.0653. The van der Waals surface area contributed by atoms with Gasteiger partial charge >= 0.3 is 0 Å². The molecule has 1 amide bonds. The van der Waals surface area contributed by atoms with E-state index < -0.39 is 0 Å². The summed E-state index contributed by atoms with van der Waals surface area (Å²) in [5.41, 5.74) is 9.95. The lowest BCUT2D eigenvalue weighted by Gasteiger charge is -2.17. The number of hydrogen-bond donors (Lipinski definition) is 2. The summed E-state index contributed by atoms with van der Waals surface area (Å²) in [5.74, 6) is -0.0653. The van der Waals surface area contributed by atoms with E-state index in [9.17, 15) is 4.79 Å². The van der Waals surface area contributed by atoms with Gasteiger partial charge in [-0.2, -0.15) is 0 Å². The van der Waals surface area contributed by atoms with Crippen LogP contribution in [0.5, 0.6) is 0 Å². The summed E-state index contributed by atoms with van der Waals surface area (Å²) in [6.07, 6.45) is 0.744. The highest BCUT2D eigenvalue weighted by Gasteiger charge is 2.13. The van der Waals surface area contributed by atoms with Gasteiger partial charge in [-0.25, -0.2) is 0 Å². The summed E-state index contributed by atoms with van der Waals surface area (Å²) in [4.78, 5) is 12.3. The fraction of sp³-hybridized carbons (Fsp3) is 0.278. The van der Waals surface area contributed by atoms with Crippen molar-refractivity contribution in [1.29, 1.82) is 0 Å². The molecule has 2 aromatic rings. The molecule has 0 bridgehead atoms. The Bertz CT molecular complexity index is 608. The fourth-order valence-corrected chi connectivity index (χ4v) is 2.24. The van der Waals surface area contributed by atoms with Crippen LogP contribution < -0.4 is 11.1 Å². The molecule has 0 saturated heterocycles. The van der Waals surface area contributed by atoms with Gasteiger partial charge < -0.3 is 11.1 Å². The van der Waals surface area contributed by atoms with Crippen molar-refractivity contribution < 1.29 is 4.79 Å². The normalized spacial score (nSPS) is 12.0. The summed E-state index contributed by atoms with van der Waals surface area (Å²) in [6, 6.07) is 15.8. The fourth-order valence-electron chi connectivity index (χ4n) is 2.24. The van der Waals surface area contributed by atoms with Crippen LogP contribution in [0.1, 0.15) is 27.0 Å². The molecule has 1 unspecified atom stereocenters. The molecule has 0 heterocycles. The Kier molecular flexibility index (Phi) is 5.12. The lowest BCUT2D eigenvalue weighted by atomic mass is 10.0. The standard InChI is InChI=1S/C18H22N2O/c1-13-8-9-16(10-14(13)2)18(21)20-17(12-19)11-15-6-4-3-5-7-15/h3-10,17H,11-12,19H2,1-2H3,(H,20,21). The zero-order valence-electron chi connectivity index (χ0n) is 12.6. The lowest BCUT2D eigenvalue weighted by molar-refractivity contribution is 0.0938. The van der Waals surface area contributed by atoms with Gasteiger partial charge in [0.15, 0.2) is 0 Å². The third-order valence-electron chi connectivity index (χ3n) is 3.71. The monoisotopic (exact) mass is 282 g/mol. The van der Waals surface area contributed by atoms with Crippen LogP contribution in [0.15, 0.2) is 48.5 Å². The van der Waals surface area contributed by atoms with Crippen molar-refractivity contribution in [1.82, 2.24) is 5.32 Å². The van der Waals surface area contributed by atoms with E-state index in [-0.39, 0.29) is 11.9 Å². The number of amides is 1. The van der Waals surface area contributed by atoms with Crippen molar-refractivity contribution >= 4 is 5.91 Å². The maximum atomic E-state index is 12.3. The van der Waals surface area contributed by atoms with Crippen LogP contribution in [0.3, 0.4) is 0 Å². The number of carbonyl (C=O) groups is 1. The summed E-state index contributed by atoms with van der Waals surface area (Å²) in [6.45, 7) is 4.47. The van der Waals surface area contributed by atoms with Crippen LogP contribution in [-0.4, -0.2) is 18.5 Å². The quantitative estimate of drug-likeness (QED) is 0.885. The van der Waals surface area contributed by atoms with Crippen molar-refractivity contribution in [2.75, 3.05) is 6.54 Å². The maximum absolute atomic E-state index is 12.3. The van der Waals surface area contributed by atoms with Gasteiger partial charge in [-0.3, -0.25) is 4.79 Å².